The molecule has 1 aliphatic rings. The summed E-state index contributed by atoms with van der Waals surface area (Å²) in [5.74, 6) is 1.57. The van der Waals surface area contributed by atoms with Gasteiger partial charge in [-0.3, -0.25) is 9.89 Å². The Balaban J connectivity index is 1.25. The van der Waals surface area contributed by atoms with Crippen molar-refractivity contribution in [3.63, 3.8) is 0 Å². The van der Waals surface area contributed by atoms with Crippen LogP contribution < -0.4 is 4.74 Å². The van der Waals surface area contributed by atoms with Crippen molar-refractivity contribution in [2.75, 3.05) is 13.1 Å². The van der Waals surface area contributed by atoms with Crippen molar-refractivity contribution < 1.29 is 9.53 Å². The van der Waals surface area contributed by atoms with Crippen LogP contribution in [-0.4, -0.2) is 50.2 Å². The first-order valence-electron chi connectivity index (χ1n) is 11.1. The number of ether oxygens (including phenoxy) is 1. The molecule has 7 heteroatoms. The van der Waals surface area contributed by atoms with Gasteiger partial charge in [0.15, 0.2) is 5.82 Å². The van der Waals surface area contributed by atoms with Crippen molar-refractivity contribution in [3.05, 3.63) is 77.9 Å². The Kier molecular flexibility index (Phi) is 4.61. The van der Waals surface area contributed by atoms with Crippen LogP contribution in [0.5, 0.6) is 5.75 Å². The molecule has 1 amide bonds. The highest BCUT2D eigenvalue weighted by molar-refractivity contribution is 6.01. The molecule has 2 aromatic heterocycles. The lowest BCUT2D eigenvalue weighted by molar-refractivity contribution is 0.0772. The number of carbonyl (C=O) groups excluding carboxylic acids is 1. The number of aromatic amines is 2. The van der Waals surface area contributed by atoms with Gasteiger partial charge in [0, 0.05) is 23.9 Å². The molecule has 1 fully saturated rings. The monoisotopic (exact) mass is 437 g/mol. The molecular weight excluding hydrogens is 414 g/mol. The molecule has 1 atom stereocenters. The second kappa shape index (κ2) is 7.78. The number of likely N-dealkylation sites (tertiary alicyclic amines) is 1. The summed E-state index contributed by atoms with van der Waals surface area (Å²) in [6.07, 6.45) is 0.817. The van der Waals surface area contributed by atoms with Crippen LogP contribution in [0.2, 0.25) is 0 Å². The van der Waals surface area contributed by atoms with Gasteiger partial charge in [-0.05, 0) is 48.9 Å². The lowest BCUT2D eigenvalue weighted by Gasteiger charge is -2.18. The molecule has 1 unspecified atom stereocenters. The zero-order valence-electron chi connectivity index (χ0n) is 18.2. The normalized spacial score (nSPS) is 16.0. The molecule has 33 heavy (non-hydrogen) atoms. The smallest absolute Gasteiger partial charge is 0.254 e. The van der Waals surface area contributed by atoms with Crippen molar-refractivity contribution in [3.8, 4) is 17.3 Å². The van der Waals surface area contributed by atoms with Gasteiger partial charge >= 0.3 is 0 Å². The highest BCUT2D eigenvalue weighted by Gasteiger charge is 2.29. The van der Waals surface area contributed by atoms with E-state index in [0.717, 1.165) is 39.7 Å². The van der Waals surface area contributed by atoms with Gasteiger partial charge in [0.2, 0.25) is 0 Å². The maximum Gasteiger partial charge on any atom is 0.254 e. The van der Waals surface area contributed by atoms with Gasteiger partial charge in [-0.2, -0.15) is 5.10 Å². The molecule has 0 radical (unpaired) electrons. The van der Waals surface area contributed by atoms with E-state index in [-0.39, 0.29) is 12.0 Å². The summed E-state index contributed by atoms with van der Waals surface area (Å²) in [4.78, 5) is 23.1. The van der Waals surface area contributed by atoms with Crippen LogP contribution in [0, 0.1) is 6.92 Å². The minimum atomic E-state index is -0.00110. The first-order valence-corrected chi connectivity index (χ1v) is 11.1. The number of para-hydroxylation sites is 3. The van der Waals surface area contributed by atoms with Gasteiger partial charge in [0.25, 0.3) is 5.91 Å². The summed E-state index contributed by atoms with van der Waals surface area (Å²) >= 11 is 0. The van der Waals surface area contributed by atoms with Gasteiger partial charge in [0.05, 0.1) is 23.1 Å². The highest BCUT2D eigenvalue weighted by Crippen LogP contribution is 2.28. The van der Waals surface area contributed by atoms with Crippen LogP contribution >= 0.6 is 0 Å². The summed E-state index contributed by atoms with van der Waals surface area (Å²) in [7, 11) is 0. The molecule has 2 N–H and O–H groups in total. The molecule has 164 valence electrons. The van der Waals surface area contributed by atoms with E-state index in [1.165, 1.54) is 0 Å². The largest absolute Gasteiger partial charge is 0.488 e. The standard InChI is InChI=1S/C26H23N5O2/c1-16-6-2-5-9-23(16)33-18-12-13-31(15-18)26(32)17-10-11-20-19(14-17)24(30-29-20)25-27-21-7-3-4-8-22(21)28-25/h2-11,14,18H,12-13,15H2,1H3,(H,27,28)(H,29,30). The number of imidazole rings is 1. The number of hydrogen-bond acceptors (Lipinski definition) is 4. The molecule has 3 aromatic carbocycles. The molecule has 5 aromatic rings. The van der Waals surface area contributed by atoms with Crippen LogP contribution in [0.4, 0.5) is 0 Å². The summed E-state index contributed by atoms with van der Waals surface area (Å²) < 4.78 is 6.16. The van der Waals surface area contributed by atoms with Crippen molar-refractivity contribution >= 4 is 27.8 Å². The molecule has 1 aliphatic heterocycles. The molecule has 6 rings (SSSR count). The lowest BCUT2D eigenvalue weighted by Crippen LogP contribution is -2.31. The maximum absolute atomic E-state index is 13.3. The Morgan fingerprint density at radius 2 is 1.91 bits per heavy atom. The molecule has 0 aliphatic carbocycles. The first-order chi connectivity index (χ1) is 16.2. The number of nitrogens with one attached hydrogen (secondary N) is 2. The molecule has 0 bridgehead atoms. The van der Waals surface area contributed by atoms with Gasteiger partial charge in [-0.1, -0.05) is 30.3 Å². The van der Waals surface area contributed by atoms with E-state index in [1.54, 1.807) is 0 Å². The van der Waals surface area contributed by atoms with Crippen LogP contribution in [0.25, 0.3) is 33.5 Å². The molecule has 0 saturated carbocycles. The topological polar surface area (TPSA) is 86.9 Å². The minimum absolute atomic E-state index is 0.00110. The molecule has 3 heterocycles. The SMILES string of the molecule is Cc1ccccc1OC1CCN(C(=O)c2ccc3[nH]nc(-c4nc5ccccc5[nH]4)c3c2)C1. The molecule has 7 nitrogen and oxygen atoms in total. The van der Waals surface area contributed by atoms with Gasteiger partial charge < -0.3 is 14.6 Å². The van der Waals surface area contributed by atoms with Crippen LogP contribution in [0.1, 0.15) is 22.3 Å². The van der Waals surface area contributed by atoms with Crippen LogP contribution in [-0.2, 0) is 0 Å². The van der Waals surface area contributed by atoms with E-state index in [1.807, 2.05) is 78.6 Å². The van der Waals surface area contributed by atoms with Crippen molar-refractivity contribution in [2.45, 2.75) is 19.4 Å². The van der Waals surface area contributed by atoms with E-state index < -0.39 is 0 Å². The third kappa shape index (κ3) is 3.51. The Morgan fingerprint density at radius 1 is 1.06 bits per heavy atom. The van der Waals surface area contributed by atoms with E-state index >= 15 is 0 Å². The zero-order chi connectivity index (χ0) is 22.4. The van der Waals surface area contributed by atoms with E-state index in [0.29, 0.717) is 30.2 Å². The van der Waals surface area contributed by atoms with E-state index in [2.05, 4.69) is 20.2 Å². The summed E-state index contributed by atoms with van der Waals surface area (Å²) in [5, 5.41) is 8.38. The highest BCUT2D eigenvalue weighted by atomic mass is 16.5. The van der Waals surface area contributed by atoms with E-state index in [4.69, 9.17) is 4.74 Å². The maximum atomic E-state index is 13.3. The summed E-state index contributed by atoms with van der Waals surface area (Å²) in [6, 6.07) is 21.5. The van der Waals surface area contributed by atoms with Crippen molar-refractivity contribution in [1.29, 1.82) is 0 Å². The number of rotatable bonds is 4. The molecule has 1 saturated heterocycles. The van der Waals surface area contributed by atoms with Gasteiger partial charge in [-0.15, -0.1) is 0 Å². The number of aromatic nitrogens is 4. The number of nitrogens with zero attached hydrogens (tertiary/aromatic N) is 3. The number of H-pyrrole nitrogens is 2. The zero-order valence-corrected chi connectivity index (χ0v) is 18.2. The third-order valence-electron chi connectivity index (χ3n) is 6.24. The predicted octanol–water partition coefficient (Wildman–Crippen LogP) is 4.71. The molecular formula is C26H23N5O2. The van der Waals surface area contributed by atoms with Gasteiger partial charge in [0.1, 0.15) is 17.5 Å². The Morgan fingerprint density at radius 3 is 2.79 bits per heavy atom. The minimum Gasteiger partial charge on any atom is -0.488 e. The second-order valence-electron chi connectivity index (χ2n) is 8.48. The average Bonchev–Trinajstić information content (AvgIpc) is 3.57. The number of carbonyl (C=O) groups is 1. The molecule has 0 spiro atoms. The number of hydrogen-bond donors (Lipinski definition) is 2. The predicted molar refractivity (Wildman–Crippen MR) is 127 cm³/mol. The van der Waals surface area contributed by atoms with Crippen molar-refractivity contribution in [2.24, 2.45) is 0 Å². The number of fused-ring (bicyclic) bond motifs is 2. The average molecular weight is 438 g/mol. The Hall–Kier alpha value is -4.13. The van der Waals surface area contributed by atoms with Gasteiger partial charge in [-0.25, -0.2) is 4.98 Å². The fraction of sp³-hybridized carbons (Fsp3) is 0.192. The first kappa shape index (κ1) is 19.5. The number of amides is 1. The van der Waals surface area contributed by atoms with Crippen molar-refractivity contribution in [1.82, 2.24) is 25.1 Å². The second-order valence-corrected chi connectivity index (χ2v) is 8.48. The quantitative estimate of drug-likeness (QED) is 0.426. The van der Waals surface area contributed by atoms with E-state index in [9.17, 15) is 4.79 Å². The number of benzene rings is 3. The van der Waals surface area contributed by atoms with Crippen LogP contribution in [0.3, 0.4) is 0 Å². The fourth-order valence-corrected chi connectivity index (χ4v) is 4.45. The fourth-order valence-electron chi connectivity index (χ4n) is 4.45. The Labute approximate surface area is 190 Å². The summed E-state index contributed by atoms with van der Waals surface area (Å²) in [6.45, 7) is 3.29. The lowest BCUT2D eigenvalue weighted by atomic mass is 10.1. The Bertz CT molecular complexity index is 1450. The van der Waals surface area contributed by atoms with Crippen LogP contribution in [0.15, 0.2) is 66.7 Å². The third-order valence-corrected chi connectivity index (χ3v) is 6.24. The number of aryl methyl sites for hydroxylation is 1. The summed E-state index contributed by atoms with van der Waals surface area (Å²) in [5.41, 5.74) is 5.14.